The number of benzene rings is 1. The van der Waals surface area contributed by atoms with Gasteiger partial charge in [-0.05, 0) is 44.5 Å². The number of rotatable bonds is 6. The summed E-state index contributed by atoms with van der Waals surface area (Å²) in [4.78, 5) is 14.7. The largest absolute Gasteiger partial charge is 0.495 e. The zero-order valence-corrected chi connectivity index (χ0v) is 17.3. The fraction of sp³-hybridized carbons (Fsp3) is 0.632. The maximum atomic E-state index is 13.0. The van der Waals surface area contributed by atoms with Gasteiger partial charge in [-0.2, -0.15) is 4.31 Å². The number of carbonyl (C=O) groups is 1. The van der Waals surface area contributed by atoms with Gasteiger partial charge in [-0.3, -0.25) is 9.69 Å². The van der Waals surface area contributed by atoms with Crippen LogP contribution in [-0.4, -0.2) is 76.1 Å². The lowest BCUT2D eigenvalue weighted by Gasteiger charge is -2.32. The SMILES string of the molecule is COc1ccc(NC(=O)CN2CCCC[C@H]2C)cc1S(=O)(=O)N1CCOCC1. The molecule has 28 heavy (non-hydrogen) atoms. The fourth-order valence-electron chi connectivity index (χ4n) is 3.66. The lowest BCUT2D eigenvalue weighted by molar-refractivity contribution is -0.118. The topological polar surface area (TPSA) is 88.2 Å². The molecule has 0 spiro atoms. The van der Waals surface area contributed by atoms with Crippen LogP contribution in [0.15, 0.2) is 23.1 Å². The zero-order chi connectivity index (χ0) is 20.1. The van der Waals surface area contributed by atoms with E-state index in [0.29, 0.717) is 44.6 Å². The number of carbonyl (C=O) groups excluding carboxylic acids is 1. The summed E-state index contributed by atoms with van der Waals surface area (Å²) in [6, 6.07) is 5.09. The van der Waals surface area contributed by atoms with Crippen LogP contribution in [0.3, 0.4) is 0 Å². The molecule has 0 aromatic heterocycles. The number of hydrogen-bond acceptors (Lipinski definition) is 6. The molecule has 2 heterocycles. The number of anilines is 1. The molecule has 1 atom stereocenters. The first-order valence-corrected chi connectivity index (χ1v) is 11.2. The molecule has 0 unspecified atom stereocenters. The van der Waals surface area contributed by atoms with E-state index in [9.17, 15) is 13.2 Å². The molecule has 8 nitrogen and oxygen atoms in total. The third kappa shape index (κ3) is 4.83. The Morgan fingerprint density at radius 2 is 2.00 bits per heavy atom. The van der Waals surface area contributed by atoms with Crippen molar-refractivity contribution in [1.29, 1.82) is 0 Å². The Kier molecular flexibility index (Phi) is 6.92. The number of hydrogen-bond donors (Lipinski definition) is 1. The van der Waals surface area contributed by atoms with Crippen LogP contribution < -0.4 is 10.1 Å². The third-order valence-electron chi connectivity index (χ3n) is 5.32. The minimum absolute atomic E-state index is 0.0565. The van der Waals surface area contributed by atoms with Gasteiger partial charge in [0.05, 0.1) is 26.9 Å². The molecular weight excluding hydrogens is 382 g/mol. The first-order chi connectivity index (χ1) is 13.4. The molecule has 0 radical (unpaired) electrons. The van der Waals surface area contributed by atoms with E-state index in [-0.39, 0.29) is 16.6 Å². The molecule has 0 aliphatic carbocycles. The van der Waals surface area contributed by atoms with Gasteiger partial charge in [0.2, 0.25) is 15.9 Å². The van der Waals surface area contributed by atoms with Crippen LogP contribution in [0.5, 0.6) is 5.75 Å². The standard InChI is InChI=1S/C19H29N3O5S/c1-15-5-3-4-8-21(15)14-19(23)20-16-6-7-17(26-2)18(13-16)28(24,25)22-9-11-27-12-10-22/h6-7,13,15H,3-5,8-12,14H2,1-2H3,(H,20,23)/t15-/m1/s1. The maximum Gasteiger partial charge on any atom is 0.246 e. The van der Waals surface area contributed by atoms with E-state index >= 15 is 0 Å². The molecule has 3 rings (SSSR count). The first kappa shape index (κ1) is 21.0. The second-order valence-corrected chi connectivity index (χ2v) is 9.15. The van der Waals surface area contributed by atoms with Crippen LogP contribution >= 0.6 is 0 Å². The maximum absolute atomic E-state index is 13.0. The van der Waals surface area contributed by atoms with Crippen molar-refractivity contribution >= 4 is 21.6 Å². The highest BCUT2D eigenvalue weighted by Gasteiger charge is 2.30. The van der Waals surface area contributed by atoms with Gasteiger partial charge in [-0.25, -0.2) is 8.42 Å². The number of amides is 1. The Morgan fingerprint density at radius 3 is 2.68 bits per heavy atom. The van der Waals surface area contributed by atoms with Gasteiger partial charge in [0, 0.05) is 24.8 Å². The van der Waals surface area contributed by atoms with Crippen molar-refractivity contribution < 1.29 is 22.7 Å². The lowest BCUT2D eigenvalue weighted by atomic mass is 10.0. The Balaban J connectivity index is 1.75. The van der Waals surface area contributed by atoms with Gasteiger partial charge in [0.25, 0.3) is 0 Å². The average molecular weight is 412 g/mol. The number of ether oxygens (including phenoxy) is 2. The predicted molar refractivity (Wildman–Crippen MR) is 106 cm³/mol. The quantitative estimate of drug-likeness (QED) is 0.764. The van der Waals surface area contributed by atoms with Crippen LogP contribution in [0.25, 0.3) is 0 Å². The monoisotopic (exact) mass is 411 g/mol. The van der Waals surface area contributed by atoms with Crippen LogP contribution in [0.2, 0.25) is 0 Å². The smallest absolute Gasteiger partial charge is 0.246 e. The lowest BCUT2D eigenvalue weighted by Crippen LogP contribution is -2.42. The molecule has 1 N–H and O–H groups in total. The summed E-state index contributed by atoms with van der Waals surface area (Å²) in [6.07, 6.45) is 3.39. The number of piperidine rings is 1. The molecule has 0 saturated carbocycles. The molecule has 1 aromatic rings. The van der Waals surface area contributed by atoms with E-state index in [1.165, 1.54) is 23.9 Å². The molecule has 2 fully saturated rings. The zero-order valence-electron chi connectivity index (χ0n) is 16.5. The van der Waals surface area contributed by atoms with Crippen LogP contribution in [-0.2, 0) is 19.6 Å². The molecular formula is C19H29N3O5S. The summed E-state index contributed by atoms with van der Waals surface area (Å²) in [5.74, 6) is 0.114. The molecule has 9 heteroatoms. The van der Waals surface area contributed by atoms with Crippen LogP contribution in [0.1, 0.15) is 26.2 Å². The third-order valence-corrected chi connectivity index (χ3v) is 7.24. The number of methoxy groups -OCH3 is 1. The number of nitrogens with one attached hydrogen (secondary N) is 1. The van der Waals surface area contributed by atoms with Crippen molar-refractivity contribution in [3.05, 3.63) is 18.2 Å². The van der Waals surface area contributed by atoms with Gasteiger partial charge < -0.3 is 14.8 Å². The second kappa shape index (κ2) is 9.21. The van der Waals surface area contributed by atoms with E-state index in [2.05, 4.69) is 17.1 Å². The predicted octanol–water partition coefficient (Wildman–Crippen LogP) is 1.53. The van der Waals surface area contributed by atoms with Crippen molar-refractivity contribution in [3.63, 3.8) is 0 Å². The van der Waals surface area contributed by atoms with Crippen molar-refractivity contribution in [2.75, 3.05) is 51.8 Å². The van der Waals surface area contributed by atoms with E-state index in [4.69, 9.17) is 9.47 Å². The molecule has 0 bridgehead atoms. The van der Waals surface area contributed by atoms with E-state index in [0.717, 1.165) is 19.4 Å². The van der Waals surface area contributed by atoms with Crippen molar-refractivity contribution in [2.45, 2.75) is 37.1 Å². The van der Waals surface area contributed by atoms with Gasteiger partial charge >= 0.3 is 0 Å². The van der Waals surface area contributed by atoms with Gasteiger partial charge in [-0.15, -0.1) is 0 Å². The Morgan fingerprint density at radius 1 is 1.25 bits per heavy atom. The number of likely N-dealkylation sites (tertiary alicyclic amines) is 1. The minimum Gasteiger partial charge on any atom is -0.495 e. The molecule has 1 aromatic carbocycles. The van der Waals surface area contributed by atoms with Crippen LogP contribution in [0.4, 0.5) is 5.69 Å². The Labute approximate surface area is 166 Å². The number of nitrogens with zero attached hydrogens (tertiary/aromatic N) is 2. The van der Waals surface area contributed by atoms with E-state index < -0.39 is 10.0 Å². The summed E-state index contributed by atoms with van der Waals surface area (Å²) >= 11 is 0. The highest BCUT2D eigenvalue weighted by Crippen LogP contribution is 2.30. The molecule has 2 aliphatic rings. The van der Waals surface area contributed by atoms with Crippen molar-refractivity contribution in [2.24, 2.45) is 0 Å². The number of morpholine rings is 1. The highest BCUT2D eigenvalue weighted by atomic mass is 32.2. The highest BCUT2D eigenvalue weighted by molar-refractivity contribution is 7.89. The molecule has 2 aliphatic heterocycles. The molecule has 1 amide bonds. The van der Waals surface area contributed by atoms with E-state index in [1.54, 1.807) is 12.1 Å². The van der Waals surface area contributed by atoms with Gasteiger partial charge in [-0.1, -0.05) is 6.42 Å². The first-order valence-electron chi connectivity index (χ1n) is 9.71. The Bertz CT molecular complexity index is 793. The van der Waals surface area contributed by atoms with Gasteiger partial charge in [0.1, 0.15) is 10.6 Å². The minimum atomic E-state index is -3.73. The van der Waals surface area contributed by atoms with Crippen molar-refractivity contribution in [3.8, 4) is 5.75 Å². The Hall–Kier alpha value is -1.68. The molecule has 156 valence electrons. The van der Waals surface area contributed by atoms with Gasteiger partial charge in [0.15, 0.2) is 0 Å². The average Bonchev–Trinajstić information content (AvgIpc) is 2.70. The summed E-state index contributed by atoms with van der Waals surface area (Å²) in [7, 11) is -2.30. The summed E-state index contributed by atoms with van der Waals surface area (Å²) in [5.41, 5.74) is 0.447. The van der Waals surface area contributed by atoms with Crippen molar-refractivity contribution in [1.82, 2.24) is 9.21 Å². The van der Waals surface area contributed by atoms with E-state index in [1.807, 2.05) is 0 Å². The summed E-state index contributed by atoms with van der Waals surface area (Å²) < 4.78 is 38.0. The number of sulfonamides is 1. The second-order valence-electron chi connectivity index (χ2n) is 7.25. The van der Waals surface area contributed by atoms with Crippen LogP contribution in [0, 0.1) is 0 Å². The fourth-order valence-corrected chi connectivity index (χ4v) is 5.25. The summed E-state index contributed by atoms with van der Waals surface area (Å²) in [6.45, 7) is 4.68. The summed E-state index contributed by atoms with van der Waals surface area (Å²) in [5, 5.41) is 2.83. The normalized spacial score (nSPS) is 22.0. The molecule has 2 saturated heterocycles.